The van der Waals surface area contributed by atoms with Crippen LogP contribution in [0.15, 0.2) is 22.8 Å². The van der Waals surface area contributed by atoms with Crippen LogP contribution in [0.25, 0.3) is 0 Å². The lowest BCUT2D eigenvalue weighted by molar-refractivity contribution is 0.637. The number of nitrogens with one attached hydrogen (secondary N) is 2. The van der Waals surface area contributed by atoms with E-state index in [9.17, 15) is 0 Å². The Kier molecular flexibility index (Phi) is 4.18. The number of aromatic nitrogens is 1. The number of likely N-dealkylation sites (N-methyl/N-ethyl adjacent to an activating group) is 1. The Hall–Kier alpha value is -0.610. The molecule has 13 heavy (non-hydrogen) atoms. The van der Waals surface area contributed by atoms with Gasteiger partial charge in [0.15, 0.2) is 0 Å². The standard InChI is InChI=1S/C9H14BrN3/c1-7(11-2)6-13-9-8(10)4-3-5-12-9/h3-5,7,11H,6H2,1-2H3,(H,12,13). The van der Waals surface area contributed by atoms with Gasteiger partial charge in [-0.2, -0.15) is 0 Å². The first-order chi connectivity index (χ1) is 6.24. The third-order valence-electron chi connectivity index (χ3n) is 1.83. The summed E-state index contributed by atoms with van der Waals surface area (Å²) in [6, 6.07) is 4.31. The highest BCUT2D eigenvalue weighted by atomic mass is 79.9. The summed E-state index contributed by atoms with van der Waals surface area (Å²) < 4.78 is 0.998. The van der Waals surface area contributed by atoms with Crippen molar-refractivity contribution in [2.45, 2.75) is 13.0 Å². The lowest BCUT2D eigenvalue weighted by Gasteiger charge is -2.12. The molecule has 72 valence electrons. The van der Waals surface area contributed by atoms with E-state index in [0.717, 1.165) is 16.8 Å². The molecule has 1 unspecified atom stereocenters. The molecule has 3 nitrogen and oxygen atoms in total. The molecule has 0 fully saturated rings. The zero-order valence-electron chi connectivity index (χ0n) is 7.84. The summed E-state index contributed by atoms with van der Waals surface area (Å²) in [4.78, 5) is 4.20. The summed E-state index contributed by atoms with van der Waals surface area (Å²) in [5.41, 5.74) is 0. The Bertz CT molecular complexity index is 265. The van der Waals surface area contributed by atoms with Crippen molar-refractivity contribution in [1.29, 1.82) is 0 Å². The Balaban J connectivity index is 2.50. The molecular formula is C9H14BrN3. The van der Waals surface area contributed by atoms with Gasteiger partial charge in [0.2, 0.25) is 0 Å². The van der Waals surface area contributed by atoms with Crippen LogP contribution in [0.3, 0.4) is 0 Å². The van der Waals surface area contributed by atoms with Crippen LogP contribution >= 0.6 is 15.9 Å². The van der Waals surface area contributed by atoms with E-state index in [2.05, 4.69) is 38.5 Å². The second kappa shape index (κ2) is 5.19. The highest BCUT2D eigenvalue weighted by Crippen LogP contribution is 2.17. The van der Waals surface area contributed by atoms with Gasteiger partial charge in [-0.25, -0.2) is 4.98 Å². The minimum Gasteiger partial charge on any atom is -0.368 e. The van der Waals surface area contributed by atoms with Gasteiger partial charge in [-0.3, -0.25) is 0 Å². The first kappa shape index (κ1) is 10.5. The van der Waals surface area contributed by atoms with Crippen molar-refractivity contribution in [3.63, 3.8) is 0 Å². The van der Waals surface area contributed by atoms with Crippen molar-refractivity contribution in [3.8, 4) is 0 Å². The summed E-state index contributed by atoms with van der Waals surface area (Å²) in [6.45, 7) is 2.98. The van der Waals surface area contributed by atoms with E-state index in [4.69, 9.17) is 0 Å². The molecule has 0 saturated carbocycles. The lowest BCUT2D eigenvalue weighted by Crippen LogP contribution is -2.29. The zero-order chi connectivity index (χ0) is 9.68. The number of pyridine rings is 1. The highest BCUT2D eigenvalue weighted by molar-refractivity contribution is 9.10. The van der Waals surface area contributed by atoms with Crippen molar-refractivity contribution in [2.75, 3.05) is 18.9 Å². The Morgan fingerprint density at radius 3 is 3.00 bits per heavy atom. The Labute approximate surface area is 87.1 Å². The fraction of sp³-hybridized carbons (Fsp3) is 0.444. The molecule has 2 N–H and O–H groups in total. The number of nitrogens with zero attached hydrogens (tertiary/aromatic N) is 1. The monoisotopic (exact) mass is 243 g/mol. The summed E-state index contributed by atoms with van der Waals surface area (Å²) in [7, 11) is 1.94. The van der Waals surface area contributed by atoms with Crippen LogP contribution in [0, 0.1) is 0 Å². The number of halogens is 1. The van der Waals surface area contributed by atoms with Gasteiger partial charge in [0.1, 0.15) is 5.82 Å². The van der Waals surface area contributed by atoms with Crippen molar-refractivity contribution < 1.29 is 0 Å². The van der Waals surface area contributed by atoms with Gasteiger partial charge in [-0.1, -0.05) is 0 Å². The quantitative estimate of drug-likeness (QED) is 0.848. The molecule has 0 spiro atoms. The molecule has 1 atom stereocenters. The molecule has 4 heteroatoms. The molecule has 0 aliphatic carbocycles. The van der Waals surface area contributed by atoms with Crippen LogP contribution in [-0.4, -0.2) is 24.6 Å². The van der Waals surface area contributed by atoms with Crippen LogP contribution in [0.4, 0.5) is 5.82 Å². The molecular weight excluding hydrogens is 230 g/mol. The highest BCUT2D eigenvalue weighted by Gasteiger charge is 2.01. The second-order valence-corrected chi connectivity index (χ2v) is 3.76. The van der Waals surface area contributed by atoms with E-state index < -0.39 is 0 Å². The molecule has 1 heterocycles. The van der Waals surface area contributed by atoms with E-state index in [-0.39, 0.29) is 0 Å². The first-order valence-corrected chi connectivity index (χ1v) is 5.05. The largest absolute Gasteiger partial charge is 0.368 e. The fourth-order valence-electron chi connectivity index (χ4n) is 0.868. The maximum absolute atomic E-state index is 4.20. The fourth-order valence-corrected chi connectivity index (χ4v) is 1.26. The number of rotatable bonds is 4. The SMILES string of the molecule is CNC(C)CNc1ncccc1Br. The average molecular weight is 244 g/mol. The van der Waals surface area contributed by atoms with Crippen molar-refractivity contribution in [3.05, 3.63) is 22.8 Å². The number of anilines is 1. The van der Waals surface area contributed by atoms with E-state index >= 15 is 0 Å². The third-order valence-corrected chi connectivity index (χ3v) is 2.47. The number of hydrogen-bond donors (Lipinski definition) is 2. The zero-order valence-corrected chi connectivity index (χ0v) is 9.43. The first-order valence-electron chi connectivity index (χ1n) is 4.25. The van der Waals surface area contributed by atoms with E-state index in [1.54, 1.807) is 6.20 Å². The Morgan fingerprint density at radius 2 is 2.38 bits per heavy atom. The molecule has 0 aromatic carbocycles. The molecule has 0 amide bonds. The third kappa shape index (κ3) is 3.32. The topological polar surface area (TPSA) is 37.0 Å². The molecule has 0 aliphatic rings. The second-order valence-electron chi connectivity index (χ2n) is 2.90. The minimum atomic E-state index is 0.439. The predicted octanol–water partition coefficient (Wildman–Crippen LogP) is 1.86. The van der Waals surface area contributed by atoms with Crippen LogP contribution in [-0.2, 0) is 0 Å². The molecule has 1 rings (SSSR count). The molecule has 0 saturated heterocycles. The van der Waals surface area contributed by atoms with Gasteiger partial charge in [-0.15, -0.1) is 0 Å². The van der Waals surface area contributed by atoms with Crippen LogP contribution < -0.4 is 10.6 Å². The van der Waals surface area contributed by atoms with Gasteiger partial charge >= 0.3 is 0 Å². The van der Waals surface area contributed by atoms with Crippen LogP contribution in [0.5, 0.6) is 0 Å². The van der Waals surface area contributed by atoms with Crippen LogP contribution in [0.1, 0.15) is 6.92 Å². The molecule has 1 aromatic rings. The van der Waals surface area contributed by atoms with Crippen molar-refractivity contribution in [1.82, 2.24) is 10.3 Å². The van der Waals surface area contributed by atoms with E-state index in [1.807, 2.05) is 19.2 Å². The van der Waals surface area contributed by atoms with Crippen molar-refractivity contribution in [2.24, 2.45) is 0 Å². The average Bonchev–Trinajstić information content (AvgIpc) is 2.16. The van der Waals surface area contributed by atoms with Gasteiger partial charge in [-0.05, 0) is 42.0 Å². The van der Waals surface area contributed by atoms with E-state index in [1.165, 1.54) is 0 Å². The smallest absolute Gasteiger partial charge is 0.140 e. The maximum atomic E-state index is 4.20. The molecule has 0 radical (unpaired) electrons. The molecule has 0 bridgehead atoms. The summed E-state index contributed by atoms with van der Waals surface area (Å²) in [5.74, 6) is 0.893. The minimum absolute atomic E-state index is 0.439. The van der Waals surface area contributed by atoms with Crippen LogP contribution in [0.2, 0.25) is 0 Å². The van der Waals surface area contributed by atoms with Crippen molar-refractivity contribution >= 4 is 21.7 Å². The van der Waals surface area contributed by atoms with E-state index in [0.29, 0.717) is 6.04 Å². The lowest BCUT2D eigenvalue weighted by atomic mass is 10.3. The maximum Gasteiger partial charge on any atom is 0.140 e. The summed E-state index contributed by atoms with van der Waals surface area (Å²) in [5, 5.41) is 6.39. The van der Waals surface area contributed by atoms with Gasteiger partial charge in [0.25, 0.3) is 0 Å². The molecule has 1 aromatic heterocycles. The normalized spacial score (nSPS) is 12.5. The van der Waals surface area contributed by atoms with Gasteiger partial charge in [0.05, 0.1) is 4.47 Å². The van der Waals surface area contributed by atoms with Gasteiger partial charge in [0, 0.05) is 18.8 Å². The van der Waals surface area contributed by atoms with Gasteiger partial charge < -0.3 is 10.6 Å². The summed E-state index contributed by atoms with van der Waals surface area (Å²) in [6.07, 6.45) is 1.77. The summed E-state index contributed by atoms with van der Waals surface area (Å²) >= 11 is 3.42. The molecule has 0 aliphatic heterocycles. The Morgan fingerprint density at radius 1 is 1.62 bits per heavy atom. The predicted molar refractivity (Wildman–Crippen MR) is 58.9 cm³/mol. The number of hydrogen-bond acceptors (Lipinski definition) is 3.